The van der Waals surface area contributed by atoms with Crippen molar-refractivity contribution in [2.45, 2.75) is 19.5 Å². The lowest BCUT2D eigenvalue weighted by atomic mass is 10.1. The summed E-state index contributed by atoms with van der Waals surface area (Å²) in [5.74, 6) is 0.471. The fourth-order valence-electron chi connectivity index (χ4n) is 3.00. The first-order valence-electron chi connectivity index (χ1n) is 8.64. The number of hydrogen-bond acceptors (Lipinski definition) is 4. The van der Waals surface area contributed by atoms with Gasteiger partial charge in [0.05, 0.1) is 11.1 Å². The van der Waals surface area contributed by atoms with Crippen molar-refractivity contribution in [1.82, 2.24) is 14.8 Å². The van der Waals surface area contributed by atoms with Crippen molar-refractivity contribution in [1.29, 1.82) is 0 Å². The lowest BCUT2D eigenvalue weighted by Crippen LogP contribution is -2.52. The molecule has 0 saturated carbocycles. The van der Waals surface area contributed by atoms with Crippen molar-refractivity contribution in [2.24, 2.45) is 0 Å². The summed E-state index contributed by atoms with van der Waals surface area (Å²) < 4.78 is 0. The molecule has 1 aliphatic heterocycles. The number of amides is 1. The number of nitrogens with one attached hydrogen (secondary N) is 1. The second kappa shape index (κ2) is 8.82. The normalized spacial score (nSPS) is 17.0. The molecule has 7 heteroatoms. The molecule has 1 fully saturated rings. The van der Waals surface area contributed by atoms with Gasteiger partial charge in [-0.1, -0.05) is 35.3 Å². The Morgan fingerprint density at radius 3 is 2.35 bits per heavy atom. The standard InChI is InChI=1S/C19H22Cl2N4O/c1-14(19(26)23-18-7-6-17(21)12-22-18)25-10-8-24(9-11-25)13-15-2-4-16(20)5-3-15/h2-7,12,14H,8-11,13H2,1H3,(H,22,23,26). The number of benzene rings is 1. The van der Waals surface area contributed by atoms with Crippen molar-refractivity contribution in [3.8, 4) is 0 Å². The monoisotopic (exact) mass is 392 g/mol. The first-order valence-corrected chi connectivity index (χ1v) is 9.40. The van der Waals surface area contributed by atoms with Crippen LogP contribution in [-0.2, 0) is 11.3 Å². The van der Waals surface area contributed by atoms with Crippen LogP contribution in [0.3, 0.4) is 0 Å². The van der Waals surface area contributed by atoms with Gasteiger partial charge in [-0.25, -0.2) is 4.98 Å². The molecule has 1 aliphatic rings. The summed E-state index contributed by atoms with van der Waals surface area (Å²) in [7, 11) is 0. The van der Waals surface area contributed by atoms with Crippen LogP contribution in [0.15, 0.2) is 42.6 Å². The maximum Gasteiger partial charge on any atom is 0.242 e. The van der Waals surface area contributed by atoms with Gasteiger partial charge in [-0.15, -0.1) is 0 Å². The highest BCUT2D eigenvalue weighted by atomic mass is 35.5. The number of carbonyl (C=O) groups is 1. The smallest absolute Gasteiger partial charge is 0.242 e. The van der Waals surface area contributed by atoms with Crippen LogP contribution >= 0.6 is 23.2 Å². The number of nitrogens with zero attached hydrogens (tertiary/aromatic N) is 3. The van der Waals surface area contributed by atoms with E-state index in [0.29, 0.717) is 10.8 Å². The molecule has 0 aliphatic carbocycles. The molecule has 1 saturated heterocycles. The van der Waals surface area contributed by atoms with E-state index in [-0.39, 0.29) is 11.9 Å². The minimum absolute atomic E-state index is 0.0500. The Kier molecular flexibility index (Phi) is 6.48. The van der Waals surface area contributed by atoms with Gasteiger partial charge < -0.3 is 5.32 Å². The van der Waals surface area contributed by atoms with E-state index in [0.717, 1.165) is 37.7 Å². The van der Waals surface area contributed by atoms with E-state index in [1.807, 2.05) is 19.1 Å². The molecule has 2 aromatic rings. The van der Waals surface area contributed by atoms with Gasteiger partial charge in [0.1, 0.15) is 5.82 Å². The van der Waals surface area contributed by atoms with Gasteiger partial charge in [0.2, 0.25) is 5.91 Å². The maximum absolute atomic E-state index is 12.4. The number of halogens is 2. The largest absolute Gasteiger partial charge is 0.309 e. The summed E-state index contributed by atoms with van der Waals surface area (Å²) in [5, 5.41) is 4.15. The Bertz CT molecular complexity index is 728. The lowest BCUT2D eigenvalue weighted by molar-refractivity contribution is -0.121. The summed E-state index contributed by atoms with van der Waals surface area (Å²) in [4.78, 5) is 21.2. The Labute approximate surface area is 163 Å². The fourth-order valence-corrected chi connectivity index (χ4v) is 3.24. The van der Waals surface area contributed by atoms with E-state index in [9.17, 15) is 4.79 Å². The van der Waals surface area contributed by atoms with E-state index in [1.165, 1.54) is 11.8 Å². The molecule has 1 unspecified atom stereocenters. The minimum atomic E-state index is -0.204. The van der Waals surface area contributed by atoms with Gasteiger partial charge in [0.25, 0.3) is 0 Å². The molecule has 0 bridgehead atoms. The third kappa shape index (κ3) is 5.17. The molecule has 1 aromatic carbocycles. The first kappa shape index (κ1) is 19.1. The van der Waals surface area contributed by atoms with Crippen LogP contribution in [0.5, 0.6) is 0 Å². The van der Waals surface area contributed by atoms with Crippen LogP contribution in [0.4, 0.5) is 5.82 Å². The molecule has 0 radical (unpaired) electrons. The maximum atomic E-state index is 12.4. The van der Waals surface area contributed by atoms with E-state index in [2.05, 4.69) is 32.2 Å². The minimum Gasteiger partial charge on any atom is -0.309 e. The zero-order chi connectivity index (χ0) is 18.5. The van der Waals surface area contributed by atoms with E-state index in [4.69, 9.17) is 23.2 Å². The average Bonchev–Trinajstić information content (AvgIpc) is 2.65. The summed E-state index contributed by atoms with van der Waals surface area (Å²) in [6, 6.07) is 11.2. The van der Waals surface area contributed by atoms with Crippen LogP contribution in [0.2, 0.25) is 10.0 Å². The highest BCUT2D eigenvalue weighted by Gasteiger charge is 2.25. The molecule has 3 rings (SSSR count). The molecule has 5 nitrogen and oxygen atoms in total. The molecule has 1 aromatic heterocycles. The highest BCUT2D eigenvalue weighted by molar-refractivity contribution is 6.30. The van der Waals surface area contributed by atoms with Crippen LogP contribution in [-0.4, -0.2) is 52.9 Å². The van der Waals surface area contributed by atoms with Crippen LogP contribution < -0.4 is 5.32 Å². The van der Waals surface area contributed by atoms with Crippen molar-refractivity contribution in [3.63, 3.8) is 0 Å². The zero-order valence-corrected chi connectivity index (χ0v) is 16.2. The van der Waals surface area contributed by atoms with Gasteiger partial charge in [0.15, 0.2) is 0 Å². The van der Waals surface area contributed by atoms with Gasteiger partial charge in [-0.2, -0.15) is 0 Å². The van der Waals surface area contributed by atoms with E-state index in [1.54, 1.807) is 12.1 Å². The number of carbonyl (C=O) groups excluding carboxylic acids is 1. The molecule has 1 atom stereocenters. The predicted octanol–water partition coefficient (Wildman–Crippen LogP) is 3.53. The molecule has 1 N–H and O–H groups in total. The van der Waals surface area contributed by atoms with Crippen LogP contribution in [0, 0.1) is 0 Å². The second-order valence-corrected chi connectivity index (χ2v) is 7.34. The Balaban J connectivity index is 1.48. The number of hydrogen-bond donors (Lipinski definition) is 1. The number of aromatic nitrogens is 1. The summed E-state index contributed by atoms with van der Waals surface area (Å²) in [5.41, 5.74) is 1.25. The number of piperazine rings is 1. The number of pyridine rings is 1. The van der Waals surface area contributed by atoms with Gasteiger partial charge in [-0.05, 0) is 36.8 Å². The summed E-state index contributed by atoms with van der Waals surface area (Å²) in [6.45, 7) is 6.41. The first-order chi connectivity index (χ1) is 12.5. The molecule has 0 spiro atoms. The molecule has 2 heterocycles. The number of anilines is 1. The molecule has 26 heavy (non-hydrogen) atoms. The van der Waals surface area contributed by atoms with E-state index < -0.39 is 0 Å². The molecule has 1 amide bonds. The van der Waals surface area contributed by atoms with Crippen LogP contribution in [0.25, 0.3) is 0 Å². The topological polar surface area (TPSA) is 48.5 Å². The number of rotatable bonds is 5. The fraction of sp³-hybridized carbons (Fsp3) is 0.368. The molecular formula is C19H22Cl2N4O. The second-order valence-electron chi connectivity index (χ2n) is 6.47. The highest BCUT2D eigenvalue weighted by Crippen LogP contribution is 2.15. The third-order valence-corrected chi connectivity index (χ3v) is 5.11. The van der Waals surface area contributed by atoms with Gasteiger partial charge >= 0.3 is 0 Å². The van der Waals surface area contributed by atoms with Crippen molar-refractivity contribution in [3.05, 3.63) is 58.2 Å². The lowest BCUT2D eigenvalue weighted by Gasteiger charge is -2.37. The van der Waals surface area contributed by atoms with Crippen LogP contribution in [0.1, 0.15) is 12.5 Å². The summed E-state index contributed by atoms with van der Waals surface area (Å²) in [6.07, 6.45) is 1.53. The average molecular weight is 393 g/mol. The Morgan fingerprint density at radius 2 is 1.73 bits per heavy atom. The molecular weight excluding hydrogens is 371 g/mol. The molecule has 138 valence electrons. The van der Waals surface area contributed by atoms with Crippen molar-refractivity contribution in [2.75, 3.05) is 31.5 Å². The third-order valence-electron chi connectivity index (χ3n) is 4.63. The quantitative estimate of drug-likeness (QED) is 0.845. The Morgan fingerprint density at radius 1 is 1.08 bits per heavy atom. The van der Waals surface area contributed by atoms with E-state index >= 15 is 0 Å². The summed E-state index contributed by atoms with van der Waals surface area (Å²) >= 11 is 11.8. The van der Waals surface area contributed by atoms with Crippen molar-refractivity contribution >= 4 is 34.9 Å². The van der Waals surface area contributed by atoms with Gasteiger partial charge in [-0.3, -0.25) is 14.6 Å². The Hall–Kier alpha value is -1.66. The van der Waals surface area contributed by atoms with Crippen molar-refractivity contribution < 1.29 is 4.79 Å². The SMILES string of the molecule is CC(C(=O)Nc1ccc(Cl)cn1)N1CCN(Cc2ccc(Cl)cc2)CC1. The zero-order valence-electron chi connectivity index (χ0n) is 14.7. The van der Waals surface area contributed by atoms with Gasteiger partial charge in [0, 0.05) is 43.9 Å². The predicted molar refractivity (Wildman–Crippen MR) is 106 cm³/mol.